The molecule has 20 heavy (non-hydrogen) atoms. The standard InChI is InChI=1S/C15H16O4S/c1-11(16)14-5-3-4-6-15(14)19-12-7-9-13(10-8-12)20(2,17)18/h3-11,16H,1-2H3/t11-/m0/s1. The molecule has 5 heteroatoms. The smallest absolute Gasteiger partial charge is 0.175 e. The molecule has 2 aromatic carbocycles. The lowest BCUT2D eigenvalue weighted by Gasteiger charge is -2.13. The number of benzene rings is 2. The van der Waals surface area contributed by atoms with Gasteiger partial charge in [-0.25, -0.2) is 8.42 Å². The predicted octanol–water partition coefficient (Wildman–Crippen LogP) is 2.94. The Balaban J connectivity index is 2.27. The number of aliphatic hydroxyl groups is 1. The van der Waals surface area contributed by atoms with E-state index < -0.39 is 15.9 Å². The maximum atomic E-state index is 11.4. The van der Waals surface area contributed by atoms with E-state index in [9.17, 15) is 13.5 Å². The molecule has 106 valence electrons. The van der Waals surface area contributed by atoms with Gasteiger partial charge in [0.05, 0.1) is 11.0 Å². The molecule has 0 aliphatic rings. The number of para-hydroxylation sites is 1. The molecule has 0 saturated carbocycles. The molecule has 0 aliphatic carbocycles. The Morgan fingerprint density at radius 1 is 1.05 bits per heavy atom. The van der Waals surface area contributed by atoms with E-state index in [0.717, 1.165) is 6.26 Å². The van der Waals surface area contributed by atoms with Crippen molar-refractivity contribution in [3.05, 3.63) is 54.1 Å². The van der Waals surface area contributed by atoms with Crippen LogP contribution in [0.3, 0.4) is 0 Å². The summed E-state index contributed by atoms with van der Waals surface area (Å²) in [6.45, 7) is 1.66. The zero-order valence-corrected chi connectivity index (χ0v) is 12.1. The van der Waals surface area contributed by atoms with Crippen LogP contribution in [0.1, 0.15) is 18.6 Å². The molecule has 0 saturated heterocycles. The highest BCUT2D eigenvalue weighted by atomic mass is 32.2. The number of sulfone groups is 1. The molecule has 0 unspecified atom stereocenters. The Kier molecular flexibility index (Phi) is 4.11. The first-order chi connectivity index (χ1) is 9.38. The molecule has 0 fully saturated rings. The van der Waals surface area contributed by atoms with Crippen LogP contribution in [-0.4, -0.2) is 19.8 Å². The van der Waals surface area contributed by atoms with Crippen LogP contribution in [-0.2, 0) is 9.84 Å². The van der Waals surface area contributed by atoms with E-state index in [2.05, 4.69) is 0 Å². The zero-order valence-electron chi connectivity index (χ0n) is 11.3. The summed E-state index contributed by atoms with van der Waals surface area (Å²) in [4.78, 5) is 0.244. The lowest BCUT2D eigenvalue weighted by molar-refractivity contribution is 0.195. The first-order valence-electron chi connectivity index (χ1n) is 6.13. The van der Waals surface area contributed by atoms with Crippen molar-refractivity contribution in [3.8, 4) is 11.5 Å². The fourth-order valence-corrected chi connectivity index (χ4v) is 2.43. The highest BCUT2D eigenvalue weighted by Gasteiger charge is 2.10. The average molecular weight is 292 g/mol. The van der Waals surface area contributed by atoms with Gasteiger partial charge in [-0.1, -0.05) is 18.2 Å². The van der Waals surface area contributed by atoms with Gasteiger partial charge < -0.3 is 9.84 Å². The van der Waals surface area contributed by atoms with Crippen molar-refractivity contribution in [1.29, 1.82) is 0 Å². The van der Waals surface area contributed by atoms with Gasteiger partial charge in [0.1, 0.15) is 11.5 Å². The van der Waals surface area contributed by atoms with Gasteiger partial charge in [-0.2, -0.15) is 0 Å². The normalized spacial score (nSPS) is 12.9. The van der Waals surface area contributed by atoms with Gasteiger partial charge in [0.2, 0.25) is 0 Å². The molecule has 1 atom stereocenters. The highest BCUT2D eigenvalue weighted by molar-refractivity contribution is 7.90. The van der Waals surface area contributed by atoms with E-state index in [0.29, 0.717) is 17.1 Å². The van der Waals surface area contributed by atoms with Crippen LogP contribution >= 0.6 is 0 Å². The molecule has 0 aliphatic heterocycles. The van der Waals surface area contributed by atoms with E-state index in [1.165, 1.54) is 12.1 Å². The van der Waals surface area contributed by atoms with Crippen LogP contribution in [0.15, 0.2) is 53.4 Å². The quantitative estimate of drug-likeness (QED) is 0.941. The van der Waals surface area contributed by atoms with Gasteiger partial charge in [-0.05, 0) is 37.3 Å². The second kappa shape index (κ2) is 5.64. The Morgan fingerprint density at radius 2 is 1.65 bits per heavy atom. The predicted molar refractivity (Wildman–Crippen MR) is 76.7 cm³/mol. The van der Waals surface area contributed by atoms with Gasteiger partial charge in [0.15, 0.2) is 9.84 Å². The first-order valence-corrected chi connectivity index (χ1v) is 8.02. The third kappa shape index (κ3) is 3.37. The van der Waals surface area contributed by atoms with Crippen molar-refractivity contribution in [2.75, 3.05) is 6.26 Å². The second-order valence-corrected chi connectivity index (χ2v) is 6.58. The van der Waals surface area contributed by atoms with Gasteiger partial charge in [-0.3, -0.25) is 0 Å². The van der Waals surface area contributed by atoms with E-state index in [1.807, 2.05) is 12.1 Å². The average Bonchev–Trinajstić information content (AvgIpc) is 2.38. The van der Waals surface area contributed by atoms with Crippen LogP contribution in [0.5, 0.6) is 11.5 Å². The Hall–Kier alpha value is -1.85. The van der Waals surface area contributed by atoms with Crippen LogP contribution in [0, 0.1) is 0 Å². The van der Waals surface area contributed by atoms with E-state index in [1.54, 1.807) is 31.2 Å². The maximum Gasteiger partial charge on any atom is 0.175 e. The van der Waals surface area contributed by atoms with Crippen LogP contribution in [0.4, 0.5) is 0 Å². The number of aliphatic hydroxyl groups excluding tert-OH is 1. The van der Waals surface area contributed by atoms with Crippen molar-refractivity contribution >= 4 is 9.84 Å². The molecule has 0 bridgehead atoms. The zero-order chi connectivity index (χ0) is 14.8. The topological polar surface area (TPSA) is 63.6 Å². The number of ether oxygens (including phenoxy) is 1. The molecule has 0 aromatic heterocycles. The Bertz CT molecular complexity index is 688. The minimum atomic E-state index is -3.21. The maximum absolute atomic E-state index is 11.4. The van der Waals surface area contributed by atoms with Gasteiger partial charge in [0, 0.05) is 11.8 Å². The lowest BCUT2D eigenvalue weighted by Crippen LogP contribution is -1.98. The number of hydrogen-bond donors (Lipinski definition) is 1. The monoisotopic (exact) mass is 292 g/mol. The van der Waals surface area contributed by atoms with Crippen LogP contribution < -0.4 is 4.74 Å². The van der Waals surface area contributed by atoms with Crippen molar-refractivity contribution < 1.29 is 18.3 Å². The molecule has 1 N–H and O–H groups in total. The van der Waals surface area contributed by atoms with Crippen molar-refractivity contribution in [2.45, 2.75) is 17.9 Å². The summed E-state index contributed by atoms with van der Waals surface area (Å²) < 4.78 is 28.4. The van der Waals surface area contributed by atoms with Crippen LogP contribution in [0.2, 0.25) is 0 Å². The SMILES string of the molecule is C[C@H](O)c1ccccc1Oc1ccc(S(C)(=O)=O)cc1. The summed E-state index contributed by atoms with van der Waals surface area (Å²) in [5.74, 6) is 1.07. The van der Waals surface area contributed by atoms with E-state index >= 15 is 0 Å². The molecule has 0 heterocycles. The van der Waals surface area contributed by atoms with E-state index in [4.69, 9.17) is 4.74 Å². The van der Waals surface area contributed by atoms with E-state index in [-0.39, 0.29) is 4.90 Å². The molecule has 0 amide bonds. The molecule has 2 rings (SSSR count). The first kappa shape index (κ1) is 14.6. The summed E-state index contributed by atoms with van der Waals surface area (Å²) in [5.41, 5.74) is 0.680. The van der Waals surface area contributed by atoms with Crippen molar-refractivity contribution in [1.82, 2.24) is 0 Å². The van der Waals surface area contributed by atoms with Gasteiger partial charge >= 0.3 is 0 Å². The summed E-state index contributed by atoms with van der Waals surface area (Å²) in [5, 5.41) is 9.67. The fraction of sp³-hybridized carbons (Fsp3) is 0.200. The van der Waals surface area contributed by atoms with Crippen molar-refractivity contribution in [2.24, 2.45) is 0 Å². The minimum Gasteiger partial charge on any atom is -0.457 e. The summed E-state index contributed by atoms with van der Waals surface area (Å²) in [6, 6.07) is 13.3. The summed E-state index contributed by atoms with van der Waals surface area (Å²) >= 11 is 0. The Labute approximate surface area is 118 Å². The molecular weight excluding hydrogens is 276 g/mol. The highest BCUT2D eigenvalue weighted by Crippen LogP contribution is 2.29. The minimum absolute atomic E-state index is 0.244. The van der Waals surface area contributed by atoms with Gasteiger partial charge in [0.25, 0.3) is 0 Å². The van der Waals surface area contributed by atoms with Crippen molar-refractivity contribution in [3.63, 3.8) is 0 Å². The van der Waals surface area contributed by atoms with Gasteiger partial charge in [-0.15, -0.1) is 0 Å². The fourth-order valence-electron chi connectivity index (χ4n) is 1.80. The number of hydrogen-bond acceptors (Lipinski definition) is 4. The third-order valence-electron chi connectivity index (χ3n) is 2.85. The summed E-state index contributed by atoms with van der Waals surface area (Å²) in [6.07, 6.45) is 0.521. The third-order valence-corrected chi connectivity index (χ3v) is 3.98. The Morgan fingerprint density at radius 3 is 2.20 bits per heavy atom. The molecule has 0 spiro atoms. The lowest BCUT2D eigenvalue weighted by atomic mass is 10.1. The molecule has 4 nitrogen and oxygen atoms in total. The molecular formula is C15H16O4S. The summed E-state index contributed by atoms with van der Waals surface area (Å²) in [7, 11) is -3.21. The van der Waals surface area contributed by atoms with Crippen LogP contribution in [0.25, 0.3) is 0 Å². The molecule has 0 radical (unpaired) electrons. The second-order valence-electron chi connectivity index (χ2n) is 4.56. The largest absolute Gasteiger partial charge is 0.457 e. The molecule has 2 aromatic rings. The number of rotatable bonds is 4.